The van der Waals surface area contributed by atoms with Crippen LogP contribution in [0.1, 0.15) is 5.56 Å². The lowest BCUT2D eigenvalue weighted by atomic mass is 9.95. The third-order valence-corrected chi connectivity index (χ3v) is 17.3. The zero-order valence-corrected chi connectivity index (χ0v) is 48.9. The molecule has 6 heterocycles. The lowest BCUT2D eigenvalue weighted by Gasteiger charge is -2.23. The van der Waals surface area contributed by atoms with Crippen molar-refractivity contribution in [1.29, 1.82) is 0 Å². The maximum atomic E-state index is 16.7. The van der Waals surface area contributed by atoms with E-state index in [9.17, 15) is 0 Å². The maximum Gasteiger partial charge on any atom is 0.417 e. The highest BCUT2D eigenvalue weighted by atomic mass is 19.4. The molecule has 0 radical (unpaired) electrons. The summed E-state index contributed by atoms with van der Waals surface area (Å²) in [5, 5.41) is 3.06. The molecule has 0 spiro atoms. The van der Waals surface area contributed by atoms with Crippen LogP contribution in [-0.2, 0) is 6.18 Å². The number of hydrogen-bond donors (Lipinski definition) is 0. The molecule has 0 bridgehead atoms. The first-order valence-corrected chi connectivity index (χ1v) is 30.0. The van der Waals surface area contributed by atoms with Gasteiger partial charge in [-0.25, -0.2) is 8.78 Å². The summed E-state index contributed by atoms with van der Waals surface area (Å²) in [6.07, 6.45) is 1.89. The largest absolute Gasteiger partial charge is 0.417 e. The van der Waals surface area contributed by atoms with Crippen LogP contribution in [0.4, 0.5) is 22.0 Å². The second kappa shape index (κ2) is 22.6. The lowest BCUT2D eigenvalue weighted by Crippen LogP contribution is -2.13. The van der Waals surface area contributed by atoms with Gasteiger partial charge in [0.1, 0.15) is 11.6 Å². The number of pyridine rings is 4. The minimum atomic E-state index is -5.14. The van der Waals surface area contributed by atoms with Gasteiger partial charge < -0.3 is 9.13 Å². The molecule has 0 saturated carbocycles. The van der Waals surface area contributed by atoms with Gasteiger partial charge in [0.25, 0.3) is 0 Å². The smallest absolute Gasteiger partial charge is 0.307 e. The summed E-state index contributed by atoms with van der Waals surface area (Å²) in [7, 11) is 0. The summed E-state index contributed by atoms with van der Waals surface area (Å²) >= 11 is 0. The minimum absolute atomic E-state index is 0.0895. The molecule has 11 heteroatoms. The molecule has 92 heavy (non-hydrogen) atoms. The lowest BCUT2D eigenvalue weighted by molar-refractivity contribution is -0.137. The minimum Gasteiger partial charge on any atom is -0.307 e. The van der Waals surface area contributed by atoms with Gasteiger partial charge >= 0.3 is 6.18 Å². The quantitative estimate of drug-likeness (QED) is 0.121. The summed E-state index contributed by atoms with van der Waals surface area (Å²) in [6.45, 7) is 0. The molecule has 0 aliphatic heterocycles. The van der Waals surface area contributed by atoms with Crippen molar-refractivity contribution in [2.24, 2.45) is 0 Å². The molecule has 0 saturated heterocycles. The van der Waals surface area contributed by atoms with E-state index in [0.717, 1.165) is 135 Å². The van der Waals surface area contributed by atoms with Crippen molar-refractivity contribution < 1.29 is 22.0 Å². The van der Waals surface area contributed by atoms with Crippen molar-refractivity contribution in [2.45, 2.75) is 6.18 Å². The number of alkyl halides is 3. The van der Waals surface area contributed by atoms with E-state index in [0.29, 0.717) is 22.1 Å². The van der Waals surface area contributed by atoms with Crippen molar-refractivity contribution in [1.82, 2.24) is 29.1 Å². The third kappa shape index (κ3) is 9.93. The summed E-state index contributed by atoms with van der Waals surface area (Å²) < 4.78 is 87.3. The number of hydrogen-bond acceptors (Lipinski definition) is 4. The summed E-state index contributed by atoms with van der Waals surface area (Å²) in [5.74, 6) is -2.30. The fraction of sp³-hybridized carbons (Fsp3) is 0.0123. The summed E-state index contributed by atoms with van der Waals surface area (Å²) in [4.78, 5) is 19.0. The number of aromatic nitrogens is 6. The van der Waals surface area contributed by atoms with E-state index in [1.54, 1.807) is 24.8 Å². The predicted octanol–water partition coefficient (Wildman–Crippen LogP) is 21.8. The van der Waals surface area contributed by atoms with Crippen molar-refractivity contribution in [2.75, 3.05) is 0 Å². The summed E-state index contributed by atoms with van der Waals surface area (Å²) in [6, 6.07) is 84.9. The van der Waals surface area contributed by atoms with Gasteiger partial charge in [0.2, 0.25) is 0 Å². The molecule has 438 valence electrons. The highest BCUT2D eigenvalue weighted by Crippen LogP contribution is 2.48. The van der Waals surface area contributed by atoms with Crippen LogP contribution >= 0.6 is 0 Å². The van der Waals surface area contributed by atoms with Gasteiger partial charge in [-0.05, 0) is 142 Å². The molecule has 0 unspecified atom stereocenters. The van der Waals surface area contributed by atoms with Crippen molar-refractivity contribution >= 4 is 43.6 Å². The normalized spacial score (nSPS) is 11.8. The second-order valence-corrected chi connectivity index (χ2v) is 22.8. The first kappa shape index (κ1) is 55.4. The van der Waals surface area contributed by atoms with Crippen LogP contribution in [0.15, 0.2) is 298 Å². The average Bonchev–Trinajstić information content (AvgIpc) is 1.47. The number of rotatable bonds is 11. The van der Waals surface area contributed by atoms with Gasteiger partial charge in [-0.15, -0.1) is 0 Å². The molecule has 0 atom stereocenters. The highest BCUT2D eigenvalue weighted by molar-refractivity contribution is 6.14. The molecule has 0 aliphatic rings. The Kier molecular flexibility index (Phi) is 13.6. The van der Waals surface area contributed by atoms with E-state index in [-0.39, 0.29) is 11.4 Å². The Balaban J connectivity index is 1.04. The van der Waals surface area contributed by atoms with E-state index in [1.807, 2.05) is 252 Å². The standard InChI is InChI=1S/C81H49F5N6/c82-68-22-13-23-69(83)80(68)66-48-78(91-74-44-54(58-32-36-87-70(40-58)50-14-5-1-6-15-50)24-28-62(74)63-29-25-55(45-75(63)91)59-33-37-88-71(41-59)51-16-7-2-8-17-51)79(49-67(66)81(84,85)86)92-76-46-56(60-34-38-89-72(42-60)52-18-9-3-10-19-52)26-30-64(76)65-31-27-57(47-77(65)92)61-35-39-90-73(43-61)53-20-11-4-12-21-53/h1-49H. The first-order chi connectivity index (χ1) is 45.1. The van der Waals surface area contributed by atoms with Crippen molar-refractivity contribution in [3.05, 3.63) is 315 Å². The van der Waals surface area contributed by atoms with Gasteiger partial charge in [0.15, 0.2) is 0 Å². The van der Waals surface area contributed by atoms with E-state index in [2.05, 4.69) is 0 Å². The number of benzene rings is 10. The van der Waals surface area contributed by atoms with Crippen LogP contribution in [0.25, 0.3) is 156 Å². The molecule has 10 aromatic carbocycles. The Morgan fingerprint density at radius 3 is 0.837 bits per heavy atom. The molecule has 16 aromatic rings. The van der Waals surface area contributed by atoms with Crippen LogP contribution < -0.4 is 0 Å². The average molecular weight is 1200 g/mol. The van der Waals surface area contributed by atoms with Crippen molar-refractivity contribution in [3.63, 3.8) is 0 Å². The van der Waals surface area contributed by atoms with Gasteiger partial charge in [-0.3, -0.25) is 19.9 Å². The van der Waals surface area contributed by atoms with E-state index in [1.165, 1.54) is 6.07 Å². The van der Waals surface area contributed by atoms with Crippen LogP contribution in [0.3, 0.4) is 0 Å². The molecule has 0 fully saturated rings. The SMILES string of the molecule is Fc1cccc(F)c1-c1cc(-n2c3cc(-c4ccnc(-c5ccccc5)c4)ccc3c3ccc(-c4ccnc(-c5ccccc5)c4)cc32)c(-n2c3cc(-c4ccnc(-c5ccccc5)c4)ccc3c3ccc(-c4ccnc(-c5ccccc5)c4)cc32)cc1C(F)(F)F. The molecule has 0 aliphatic carbocycles. The van der Waals surface area contributed by atoms with Crippen LogP contribution in [-0.4, -0.2) is 29.1 Å². The zero-order chi connectivity index (χ0) is 62.0. The highest BCUT2D eigenvalue weighted by Gasteiger charge is 2.38. The van der Waals surface area contributed by atoms with Crippen LogP contribution in [0.2, 0.25) is 0 Å². The Labute approximate surface area is 525 Å². The van der Waals surface area contributed by atoms with Gasteiger partial charge in [0, 0.05) is 74.1 Å². The number of fused-ring (bicyclic) bond motifs is 6. The zero-order valence-electron chi connectivity index (χ0n) is 48.9. The van der Waals surface area contributed by atoms with Crippen molar-refractivity contribution in [3.8, 4) is 112 Å². The van der Waals surface area contributed by atoms with E-state index in [4.69, 9.17) is 19.9 Å². The van der Waals surface area contributed by atoms with E-state index < -0.39 is 34.5 Å². The molecular formula is C81H49F5N6. The fourth-order valence-electron chi connectivity index (χ4n) is 12.9. The maximum absolute atomic E-state index is 16.7. The number of nitrogens with zero attached hydrogens (tertiary/aromatic N) is 6. The predicted molar refractivity (Wildman–Crippen MR) is 360 cm³/mol. The monoisotopic (exact) mass is 1200 g/mol. The first-order valence-electron chi connectivity index (χ1n) is 30.0. The topological polar surface area (TPSA) is 61.4 Å². The summed E-state index contributed by atoms with van der Waals surface area (Å²) in [5.41, 5.74) is 13.1. The Morgan fingerprint density at radius 1 is 0.261 bits per heavy atom. The van der Waals surface area contributed by atoms with Gasteiger partial charge in [-0.2, -0.15) is 13.2 Å². The molecular weight excluding hydrogens is 1150 g/mol. The molecule has 0 N–H and O–H groups in total. The van der Waals surface area contributed by atoms with Crippen LogP contribution in [0.5, 0.6) is 0 Å². The van der Waals surface area contributed by atoms with E-state index >= 15 is 22.0 Å². The molecule has 0 amide bonds. The molecule has 6 nitrogen and oxygen atoms in total. The fourth-order valence-corrected chi connectivity index (χ4v) is 12.9. The van der Waals surface area contributed by atoms with Gasteiger partial charge in [-0.1, -0.05) is 176 Å². The number of halogens is 5. The van der Waals surface area contributed by atoms with Crippen LogP contribution in [0, 0.1) is 11.6 Å². The Hall–Kier alpha value is -12.0. The molecule has 6 aromatic heterocycles. The molecule has 16 rings (SSSR count). The second-order valence-electron chi connectivity index (χ2n) is 22.8. The Bertz CT molecular complexity index is 5230. The third-order valence-electron chi connectivity index (χ3n) is 17.3. The Morgan fingerprint density at radius 2 is 0.543 bits per heavy atom. The van der Waals surface area contributed by atoms with Gasteiger partial charge in [0.05, 0.1) is 67.3 Å².